The molecule has 0 amide bonds. The Hall–Kier alpha value is -0.780. The quantitative estimate of drug-likeness (QED) is 0.649. The SMILES string of the molecule is CCc1ccccc1C(C)C1CCCCC1CC. The van der Waals surface area contributed by atoms with Gasteiger partial charge < -0.3 is 0 Å². The van der Waals surface area contributed by atoms with Gasteiger partial charge in [0.25, 0.3) is 0 Å². The Balaban J connectivity index is 2.20. The molecule has 1 aromatic carbocycles. The van der Waals surface area contributed by atoms with Crippen molar-refractivity contribution in [2.45, 2.75) is 65.2 Å². The Bertz CT molecular complexity index is 366. The first kappa shape index (κ1) is 13.6. The minimum atomic E-state index is 0.742. The van der Waals surface area contributed by atoms with Crippen LogP contribution < -0.4 is 0 Å². The maximum atomic E-state index is 2.47. The highest BCUT2D eigenvalue weighted by molar-refractivity contribution is 5.30. The van der Waals surface area contributed by atoms with Crippen LogP contribution in [-0.4, -0.2) is 0 Å². The van der Waals surface area contributed by atoms with E-state index in [0.717, 1.165) is 17.8 Å². The number of aryl methyl sites for hydroxylation is 1. The largest absolute Gasteiger partial charge is 0.0651 e. The molecule has 0 heteroatoms. The van der Waals surface area contributed by atoms with Crippen LogP contribution in [0.15, 0.2) is 24.3 Å². The minimum absolute atomic E-state index is 0.742. The van der Waals surface area contributed by atoms with Gasteiger partial charge in [-0.3, -0.25) is 0 Å². The fourth-order valence-electron chi connectivity index (χ4n) is 3.93. The second-order valence-electron chi connectivity index (χ2n) is 5.96. The summed E-state index contributed by atoms with van der Waals surface area (Å²) in [5.74, 6) is 2.61. The van der Waals surface area contributed by atoms with E-state index in [9.17, 15) is 0 Å². The molecular weight excluding hydrogens is 216 g/mol. The van der Waals surface area contributed by atoms with Crippen molar-refractivity contribution in [3.05, 3.63) is 35.4 Å². The van der Waals surface area contributed by atoms with E-state index in [2.05, 4.69) is 45.0 Å². The van der Waals surface area contributed by atoms with Crippen LogP contribution in [0, 0.1) is 11.8 Å². The molecule has 3 atom stereocenters. The van der Waals surface area contributed by atoms with Gasteiger partial charge in [0.1, 0.15) is 0 Å². The highest BCUT2D eigenvalue weighted by Gasteiger charge is 2.29. The van der Waals surface area contributed by atoms with E-state index in [1.54, 1.807) is 11.1 Å². The summed E-state index contributed by atoms with van der Waals surface area (Å²) in [6, 6.07) is 9.09. The molecule has 0 aliphatic heterocycles. The maximum Gasteiger partial charge on any atom is -0.0157 e. The van der Waals surface area contributed by atoms with Gasteiger partial charge >= 0.3 is 0 Å². The maximum absolute atomic E-state index is 2.47. The molecule has 0 radical (unpaired) electrons. The van der Waals surface area contributed by atoms with Crippen molar-refractivity contribution >= 4 is 0 Å². The number of rotatable bonds is 4. The van der Waals surface area contributed by atoms with Crippen LogP contribution >= 0.6 is 0 Å². The predicted octanol–water partition coefficient (Wildman–Crippen LogP) is 5.57. The van der Waals surface area contributed by atoms with Crippen LogP contribution in [0.2, 0.25) is 0 Å². The third kappa shape index (κ3) is 2.79. The molecule has 1 aromatic rings. The molecule has 3 unspecified atom stereocenters. The van der Waals surface area contributed by atoms with E-state index >= 15 is 0 Å². The van der Waals surface area contributed by atoms with E-state index in [1.165, 1.54) is 38.5 Å². The molecule has 1 aliphatic carbocycles. The minimum Gasteiger partial charge on any atom is -0.0651 e. The van der Waals surface area contributed by atoms with Gasteiger partial charge in [-0.1, -0.05) is 70.7 Å². The summed E-state index contributed by atoms with van der Waals surface area (Å²) in [6.07, 6.45) is 8.34. The van der Waals surface area contributed by atoms with Crippen molar-refractivity contribution in [1.29, 1.82) is 0 Å². The fourth-order valence-corrected chi connectivity index (χ4v) is 3.93. The Kier molecular flexibility index (Phi) is 4.86. The molecule has 2 rings (SSSR count). The summed E-state index contributed by atoms with van der Waals surface area (Å²) in [4.78, 5) is 0. The van der Waals surface area contributed by atoms with E-state index in [-0.39, 0.29) is 0 Å². The highest BCUT2D eigenvalue weighted by Crippen LogP contribution is 2.42. The van der Waals surface area contributed by atoms with Gasteiger partial charge in [-0.05, 0) is 41.7 Å². The van der Waals surface area contributed by atoms with Crippen molar-refractivity contribution in [2.24, 2.45) is 11.8 Å². The third-order valence-corrected chi connectivity index (χ3v) is 5.06. The monoisotopic (exact) mass is 244 g/mol. The molecule has 0 aromatic heterocycles. The molecule has 0 saturated heterocycles. The van der Waals surface area contributed by atoms with Gasteiger partial charge in [0, 0.05) is 0 Å². The van der Waals surface area contributed by atoms with E-state index in [1.807, 2.05) is 0 Å². The molecule has 1 aliphatic rings. The van der Waals surface area contributed by atoms with E-state index in [4.69, 9.17) is 0 Å². The van der Waals surface area contributed by atoms with Crippen molar-refractivity contribution < 1.29 is 0 Å². The Morgan fingerprint density at radius 1 is 1.11 bits per heavy atom. The molecule has 1 fully saturated rings. The lowest BCUT2D eigenvalue weighted by atomic mass is 9.69. The lowest BCUT2D eigenvalue weighted by Gasteiger charge is -2.36. The first-order chi connectivity index (χ1) is 8.77. The number of benzene rings is 1. The fraction of sp³-hybridized carbons (Fsp3) is 0.667. The zero-order valence-corrected chi connectivity index (χ0v) is 12.3. The summed E-state index contributed by atoms with van der Waals surface area (Å²) in [6.45, 7) is 7.12. The molecule has 0 N–H and O–H groups in total. The molecule has 0 nitrogen and oxygen atoms in total. The number of hydrogen-bond acceptors (Lipinski definition) is 0. The van der Waals surface area contributed by atoms with Gasteiger partial charge in [-0.2, -0.15) is 0 Å². The summed E-state index contributed by atoms with van der Waals surface area (Å²) in [7, 11) is 0. The second kappa shape index (κ2) is 6.41. The predicted molar refractivity (Wildman–Crippen MR) is 80.0 cm³/mol. The topological polar surface area (TPSA) is 0 Å². The van der Waals surface area contributed by atoms with Crippen molar-refractivity contribution in [3.8, 4) is 0 Å². The van der Waals surface area contributed by atoms with Gasteiger partial charge in [-0.15, -0.1) is 0 Å². The Labute approximate surface area is 113 Å². The van der Waals surface area contributed by atoms with Crippen molar-refractivity contribution in [1.82, 2.24) is 0 Å². The number of hydrogen-bond donors (Lipinski definition) is 0. The van der Waals surface area contributed by atoms with Crippen LogP contribution in [0.25, 0.3) is 0 Å². The van der Waals surface area contributed by atoms with Crippen molar-refractivity contribution in [2.75, 3.05) is 0 Å². The van der Waals surface area contributed by atoms with Crippen LogP contribution in [-0.2, 0) is 6.42 Å². The summed E-state index contributed by atoms with van der Waals surface area (Å²) in [5.41, 5.74) is 3.18. The second-order valence-corrected chi connectivity index (χ2v) is 5.96. The average Bonchev–Trinajstić information content (AvgIpc) is 2.46. The molecule has 100 valence electrons. The van der Waals surface area contributed by atoms with Crippen LogP contribution in [0.1, 0.15) is 69.9 Å². The highest BCUT2D eigenvalue weighted by atomic mass is 14.3. The first-order valence-electron chi connectivity index (χ1n) is 7.85. The van der Waals surface area contributed by atoms with E-state index < -0.39 is 0 Å². The van der Waals surface area contributed by atoms with Crippen LogP contribution in [0.4, 0.5) is 0 Å². The zero-order chi connectivity index (χ0) is 13.0. The third-order valence-electron chi connectivity index (χ3n) is 5.06. The Morgan fingerprint density at radius 2 is 1.83 bits per heavy atom. The standard InChI is InChI=1S/C18H28/c1-4-15-10-6-8-12-17(15)14(3)18-13-9-7-11-16(18)5-2/h6,8,10,12,14,16,18H,4-5,7,9,11,13H2,1-3H3. The molecule has 18 heavy (non-hydrogen) atoms. The molecular formula is C18H28. The lowest BCUT2D eigenvalue weighted by Crippen LogP contribution is -2.24. The van der Waals surface area contributed by atoms with Crippen molar-refractivity contribution in [3.63, 3.8) is 0 Å². The molecule has 1 saturated carbocycles. The zero-order valence-electron chi connectivity index (χ0n) is 12.3. The molecule has 0 heterocycles. The summed E-state index contributed by atoms with van der Waals surface area (Å²) in [5, 5.41) is 0. The average molecular weight is 244 g/mol. The normalized spacial score (nSPS) is 25.9. The van der Waals surface area contributed by atoms with Gasteiger partial charge in [0.05, 0.1) is 0 Å². The van der Waals surface area contributed by atoms with Gasteiger partial charge in [0.2, 0.25) is 0 Å². The van der Waals surface area contributed by atoms with Crippen LogP contribution in [0.5, 0.6) is 0 Å². The van der Waals surface area contributed by atoms with E-state index in [0.29, 0.717) is 0 Å². The van der Waals surface area contributed by atoms with Crippen LogP contribution in [0.3, 0.4) is 0 Å². The lowest BCUT2D eigenvalue weighted by molar-refractivity contribution is 0.201. The summed E-state index contributed by atoms with van der Waals surface area (Å²) >= 11 is 0. The molecule has 0 spiro atoms. The van der Waals surface area contributed by atoms with Gasteiger partial charge in [-0.25, -0.2) is 0 Å². The van der Waals surface area contributed by atoms with Gasteiger partial charge in [0.15, 0.2) is 0 Å². The molecule has 0 bridgehead atoms. The summed E-state index contributed by atoms with van der Waals surface area (Å²) < 4.78 is 0. The first-order valence-corrected chi connectivity index (χ1v) is 7.85. The Morgan fingerprint density at radius 3 is 2.56 bits per heavy atom. The smallest absolute Gasteiger partial charge is 0.0157 e.